The van der Waals surface area contributed by atoms with E-state index < -0.39 is 0 Å². The van der Waals surface area contributed by atoms with Gasteiger partial charge in [0, 0.05) is 36.4 Å². The average Bonchev–Trinajstić information content (AvgIpc) is 3.44. The van der Waals surface area contributed by atoms with E-state index in [0.717, 1.165) is 61.7 Å². The number of ether oxygens (including phenoxy) is 1. The molecule has 5 nitrogen and oxygen atoms in total. The van der Waals surface area contributed by atoms with E-state index in [-0.39, 0.29) is 5.41 Å². The maximum absolute atomic E-state index is 6.01. The monoisotopic (exact) mass is 384 g/mol. The molecule has 1 saturated carbocycles. The van der Waals surface area contributed by atoms with Gasteiger partial charge in [0.15, 0.2) is 0 Å². The van der Waals surface area contributed by atoms with Crippen LogP contribution in [0.4, 0.5) is 5.95 Å². The molecule has 6 heteroatoms. The van der Waals surface area contributed by atoms with Gasteiger partial charge in [0.1, 0.15) is 0 Å². The summed E-state index contributed by atoms with van der Waals surface area (Å²) in [5.41, 5.74) is 3.62. The van der Waals surface area contributed by atoms with Gasteiger partial charge in [-0.3, -0.25) is 4.90 Å². The molecule has 2 aliphatic heterocycles. The number of rotatable bonds is 5. The maximum atomic E-state index is 6.01. The fourth-order valence-corrected chi connectivity index (χ4v) is 4.42. The van der Waals surface area contributed by atoms with Crippen molar-refractivity contribution in [3.8, 4) is 0 Å². The Labute approximate surface area is 165 Å². The molecule has 1 spiro atoms. The molecule has 1 saturated heterocycles. The minimum atomic E-state index is -0.0149. The van der Waals surface area contributed by atoms with Crippen LogP contribution >= 0.6 is 11.6 Å². The minimum Gasteiger partial charge on any atom is -0.376 e. The van der Waals surface area contributed by atoms with Crippen LogP contribution in [0.5, 0.6) is 0 Å². The first kappa shape index (κ1) is 17.4. The highest BCUT2D eigenvalue weighted by Gasteiger charge is 2.44. The highest BCUT2D eigenvalue weighted by Crippen LogP contribution is 2.39. The third kappa shape index (κ3) is 3.68. The molecule has 27 heavy (non-hydrogen) atoms. The van der Waals surface area contributed by atoms with Gasteiger partial charge in [0.25, 0.3) is 0 Å². The summed E-state index contributed by atoms with van der Waals surface area (Å²) in [5.74, 6) is 1.58. The van der Waals surface area contributed by atoms with Crippen LogP contribution in [0.3, 0.4) is 0 Å². The molecule has 0 amide bonds. The van der Waals surface area contributed by atoms with Gasteiger partial charge >= 0.3 is 0 Å². The quantitative estimate of drug-likeness (QED) is 0.853. The third-order valence-corrected chi connectivity index (χ3v) is 6.25. The van der Waals surface area contributed by atoms with E-state index in [1.165, 1.54) is 24.1 Å². The topological polar surface area (TPSA) is 50.3 Å². The molecule has 3 heterocycles. The van der Waals surface area contributed by atoms with Crippen molar-refractivity contribution in [2.75, 3.05) is 31.6 Å². The van der Waals surface area contributed by atoms with Crippen LogP contribution in [-0.4, -0.2) is 41.1 Å². The Morgan fingerprint density at radius 3 is 2.93 bits per heavy atom. The number of hydrogen-bond donors (Lipinski definition) is 1. The molecule has 0 bridgehead atoms. The van der Waals surface area contributed by atoms with Crippen molar-refractivity contribution in [3.63, 3.8) is 0 Å². The van der Waals surface area contributed by atoms with E-state index in [1.807, 2.05) is 18.3 Å². The van der Waals surface area contributed by atoms with Crippen LogP contribution in [0.15, 0.2) is 30.5 Å². The van der Waals surface area contributed by atoms with Crippen LogP contribution in [-0.2, 0) is 23.3 Å². The van der Waals surface area contributed by atoms with Crippen LogP contribution < -0.4 is 5.32 Å². The fourth-order valence-electron chi connectivity index (χ4n) is 4.29. The highest BCUT2D eigenvalue weighted by atomic mass is 35.5. The Morgan fingerprint density at radius 1 is 1.26 bits per heavy atom. The lowest BCUT2D eigenvalue weighted by atomic mass is 9.80. The summed E-state index contributed by atoms with van der Waals surface area (Å²) in [6.45, 7) is 5.33. The normalized spacial score (nSPS) is 24.9. The summed E-state index contributed by atoms with van der Waals surface area (Å²) in [4.78, 5) is 12.0. The van der Waals surface area contributed by atoms with E-state index in [1.54, 1.807) is 0 Å². The highest BCUT2D eigenvalue weighted by molar-refractivity contribution is 6.30. The van der Waals surface area contributed by atoms with Gasteiger partial charge in [-0.2, -0.15) is 0 Å². The molecule has 0 radical (unpaired) electrons. The zero-order valence-electron chi connectivity index (χ0n) is 15.5. The number of nitrogens with zero attached hydrogens (tertiary/aromatic N) is 3. The number of likely N-dealkylation sites (tertiary alicyclic amines) is 1. The number of anilines is 1. The van der Waals surface area contributed by atoms with Crippen molar-refractivity contribution < 1.29 is 4.74 Å². The number of halogens is 1. The number of benzene rings is 1. The van der Waals surface area contributed by atoms with E-state index in [9.17, 15) is 0 Å². The molecule has 1 aliphatic carbocycles. The second kappa shape index (κ2) is 7.04. The predicted octanol–water partition coefficient (Wildman–Crippen LogP) is 3.63. The molecule has 142 valence electrons. The second-order valence-corrected chi connectivity index (χ2v) is 8.69. The number of fused-ring (bicyclic) bond motifs is 2. The molecule has 5 rings (SSSR count). The largest absolute Gasteiger partial charge is 0.376 e. The van der Waals surface area contributed by atoms with E-state index >= 15 is 0 Å². The van der Waals surface area contributed by atoms with Gasteiger partial charge in [-0.15, -0.1) is 0 Å². The summed E-state index contributed by atoms with van der Waals surface area (Å²) in [7, 11) is 0. The van der Waals surface area contributed by atoms with Gasteiger partial charge in [0.2, 0.25) is 5.95 Å². The minimum absolute atomic E-state index is 0.0149. The Hall–Kier alpha value is -1.69. The lowest BCUT2D eigenvalue weighted by molar-refractivity contribution is 0.0503. The van der Waals surface area contributed by atoms with E-state index in [0.29, 0.717) is 6.61 Å². The smallest absolute Gasteiger partial charge is 0.222 e. The summed E-state index contributed by atoms with van der Waals surface area (Å²) in [5, 5.41) is 4.22. The lowest BCUT2D eigenvalue weighted by Gasteiger charge is -2.34. The second-order valence-electron chi connectivity index (χ2n) is 8.25. The molecular weight excluding hydrogens is 360 g/mol. The van der Waals surface area contributed by atoms with Crippen molar-refractivity contribution in [2.45, 2.75) is 37.8 Å². The molecule has 2 fully saturated rings. The SMILES string of the molecule is Clc1ccc(CN2CCC3(COCc4cnc(NCC5CC5)nc43)C2)cc1. The number of hydrogen-bond acceptors (Lipinski definition) is 5. The number of nitrogens with one attached hydrogen (secondary N) is 1. The Morgan fingerprint density at radius 2 is 2.11 bits per heavy atom. The molecule has 1 atom stereocenters. The summed E-state index contributed by atoms with van der Waals surface area (Å²) in [6, 6.07) is 8.15. The van der Waals surface area contributed by atoms with Crippen molar-refractivity contribution in [1.82, 2.24) is 14.9 Å². The van der Waals surface area contributed by atoms with E-state index in [2.05, 4.69) is 27.3 Å². The molecule has 1 aromatic heterocycles. The van der Waals surface area contributed by atoms with Gasteiger partial charge in [0.05, 0.1) is 24.3 Å². The summed E-state index contributed by atoms with van der Waals surface area (Å²) < 4.78 is 5.95. The standard InChI is InChI=1S/C21H25ClN4O/c22-18-5-3-16(4-6-18)11-26-8-7-21(13-26)14-27-12-17-10-24-20(25-19(17)21)23-9-15-1-2-15/h3-6,10,15H,1-2,7-9,11-14H2,(H,23,24,25). The molecule has 1 N–H and O–H groups in total. The predicted molar refractivity (Wildman–Crippen MR) is 106 cm³/mol. The van der Waals surface area contributed by atoms with Gasteiger partial charge < -0.3 is 10.1 Å². The van der Waals surface area contributed by atoms with Gasteiger partial charge in [-0.05, 0) is 49.4 Å². The first-order valence-electron chi connectivity index (χ1n) is 9.85. The molecule has 3 aliphatic rings. The lowest BCUT2D eigenvalue weighted by Crippen LogP contribution is -2.40. The zero-order chi connectivity index (χ0) is 18.3. The van der Waals surface area contributed by atoms with Crippen molar-refractivity contribution in [3.05, 3.63) is 52.3 Å². The van der Waals surface area contributed by atoms with Crippen LogP contribution in [0.1, 0.15) is 36.1 Å². The first-order valence-corrected chi connectivity index (χ1v) is 10.2. The Bertz CT molecular complexity index is 823. The zero-order valence-corrected chi connectivity index (χ0v) is 16.2. The van der Waals surface area contributed by atoms with Gasteiger partial charge in [-0.1, -0.05) is 23.7 Å². The molecular formula is C21H25ClN4O. The molecule has 2 aromatic rings. The average molecular weight is 385 g/mol. The third-order valence-electron chi connectivity index (χ3n) is 6.00. The number of aromatic nitrogens is 2. The van der Waals surface area contributed by atoms with Gasteiger partial charge in [-0.25, -0.2) is 9.97 Å². The van der Waals surface area contributed by atoms with E-state index in [4.69, 9.17) is 21.3 Å². The van der Waals surface area contributed by atoms with Crippen molar-refractivity contribution in [1.29, 1.82) is 0 Å². The molecule has 1 unspecified atom stereocenters. The van der Waals surface area contributed by atoms with Crippen LogP contribution in [0, 0.1) is 5.92 Å². The maximum Gasteiger partial charge on any atom is 0.222 e. The van der Waals surface area contributed by atoms with Crippen molar-refractivity contribution in [2.24, 2.45) is 5.92 Å². The Balaban J connectivity index is 1.34. The fraction of sp³-hybridized carbons (Fsp3) is 0.524. The van der Waals surface area contributed by atoms with Crippen LogP contribution in [0.2, 0.25) is 5.02 Å². The Kier molecular flexibility index (Phi) is 4.54. The van der Waals surface area contributed by atoms with Crippen LogP contribution in [0.25, 0.3) is 0 Å². The molecule has 1 aromatic carbocycles. The summed E-state index contributed by atoms with van der Waals surface area (Å²) in [6.07, 6.45) is 5.69. The first-order chi connectivity index (χ1) is 13.2. The van der Waals surface area contributed by atoms with Crippen molar-refractivity contribution >= 4 is 17.5 Å². The summed E-state index contributed by atoms with van der Waals surface area (Å²) >= 11 is 6.01.